The lowest BCUT2D eigenvalue weighted by Crippen LogP contribution is -2.42. The second kappa shape index (κ2) is 4.97. The summed E-state index contributed by atoms with van der Waals surface area (Å²) in [4.78, 5) is 0. The molecule has 0 aromatic heterocycles. The van der Waals surface area contributed by atoms with Crippen molar-refractivity contribution in [3.05, 3.63) is 11.8 Å². The van der Waals surface area contributed by atoms with E-state index < -0.39 is 0 Å². The maximum atomic E-state index is 2.40. The van der Waals surface area contributed by atoms with Crippen molar-refractivity contribution in [2.45, 2.75) is 46.5 Å². The van der Waals surface area contributed by atoms with E-state index in [4.69, 9.17) is 0 Å². The molecule has 0 N–H and O–H groups in total. The molecule has 0 radical (unpaired) electrons. The number of hydrogen-bond donors (Lipinski definition) is 0. The fourth-order valence-corrected chi connectivity index (χ4v) is 2.42. The van der Waals surface area contributed by atoms with Crippen molar-refractivity contribution in [2.24, 2.45) is 5.92 Å². The van der Waals surface area contributed by atoms with Gasteiger partial charge < -0.3 is 0 Å². The summed E-state index contributed by atoms with van der Waals surface area (Å²) in [7, 11) is 2.40. The predicted molar refractivity (Wildman–Crippen MR) is 63.0 cm³/mol. The average Bonchev–Trinajstić information content (AvgIpc) is 2.30. The molecule has 0 saturated carbocycles. The van der Waals surface area contributed by atoms with Gasteiger partial charge in [-0.2, -0.15) is 0 Å². The van der Waals surface area contributed by atoms with Gasteiger partial charge in [-0.1, -0.05) is 13.8 Å². The zero-order valence-corrected chi connectivity index (χ0v) is 10.3. The van der Waals surface area contributed by atoms with Crippen molar-refractivity contribution < 1.29 is 4.48 Å². The van der Waals surface area contributed by atoms with Gasteiger partial charge in [-0.15, -0.1) is 0 Å². The first-order valence-electron chi connectivity index (χ1n) is 6.10. The molecule has 1 heterocycles. The molecule has 0 aromatic carbocycles. The zero-order chi connectivity index (χ0) is 10.6. The molecule has 0 amide bonds. The normalized spacial score (nSPS) is 35.4. The Morgan fingerprint density at radius 3 is 2.71 bits per heavy atom. The standard InChI is InChI=1S/C13H26N/c1-5-7-13(3)14(4)10-6-8-12(2)9-11-14/h7,12H,5-6,8-11H2,1-4H3/q+1. The number of nitrogens with zero attached hydrogens (tertiary/aromatic N) is 1. The van der Waals surface area contributed by atoms with E-state index >= 15 is 0 Å². The van der Waals surface area contributed by atoms with Gasteiger partial charge in [0.25, 0.3) is 0 Å². The minimum Gasteiger partial charge on any atom is -0.298 e. The number of quaternary nitrogens is 1. The second-order valence-electron chi connectivity index (χ2n) is 5.13. The van der Waals surface area contributed by atoms with E-state index in [9.17, 15) is 0 Å². The number of allylic oxidation sites excluding steroid dienone is 2. The summed E-state index contributed by atoms with van der Waals surface area (Å²) in [6, 6.07) is 0. The highest BCUT2D eigenvalue weighted by Crippen LogP contribution is 2.25. The quantitative estimate of drug-likeness (QED) is 0.592. The average molecular weight is 196 g/mol. The third kappa shape index (κ3) is 2.84. The summed E-state index contributed by atoms with van der Waals surface area (Å²) in [5.41, 5.74) is 1.57. The van der Waals surface area contributed by atoms with Crippen molar-refractivity contribution in [3.8, 4) is 0 Å². The topological polar surface area (TPSA) is 0 Å². The molecule has 0 aliphatic carbocycles. The largest absolute Gasteiger partial charge is 0.298 e. The van der Waals surface area contributed by atoms with Crippen LogP contribution in [0.15, 0.2) is 11.8 Å². The molecule has 14 heavy (non-hydrogen) atoms. The first-order chi connectivity index (χ1) is 6.58. The Labute approximate surface area is 89.4 Å². The minimum absolute atomic E-state index is 0.935. The van der Waals surface area contributed by atoms with Gasteiger partial charge in [-0.05, 0) is 37.7 Å². The van der Waals surface area contributed by atoms with Crippen molar-refractivity contribution in [1.29, 1.82) is 0 Å². The van der Waals surface area contributed by atoms with Crippen LogP contribution in [0.1, 0.15) is 46.5 Å². The molecule has 0 bridgehead atoms. The molecule has 1 fully saturated rings. The van der Waals surface area contributed by atoms with Crippen molar-refractivity contribution in [2.75, 3.05) is 20.1 Å². The van der Waals surface area contributed by atoms with Gasteiger partial charge in [0.2, 0.25) is 0 Å². The summed E-state index contributed by atoms with van der Waals surface area (Å²) in [6.45, 7) is 9.61. The number of likely N-dealkylation sites (tertiary alicyclic amines) is 1. The second-order valence-corrected chi connectivity index (χ2v) is 5.13. The number of rotatable bonds is 2. The maximum absolute atomic E-state index is 2.40. The van der Waals surface area contributed by atoms with Gasteiger partial charge in [-0.25, -0.2) is 0 Å². The summed E-state index contributed by atoms with van der Waals surface area (Å²) >= 11 is 0. The Balaban J connectivity index is 2.67. The van der Waals surface area contributed by atoms with E-state index in [1.165, 1.54) is 43.3 Å². The van der Waals surface area contributed by atoms with Crippen LogP contribution in [0, 0.1) is 5.92 Å². The van der Waals surface area contributed by atoms with Crippen LogP contribution >= 0.6 is 0 Å². The molecule has 82 valence electrons. The van der Waals surface area contributed by atoms with Gasteiger partial charge in [0.05, 0.1) is 20.1 Å². The molecule has 1 heteroatoms. The fourth-order valence-electron chi connectivity index (χ4n) is 2.42. The zero-order valence-electron chi connectivity index (χ0n) is 10.3. The predicted octanol–water partition coefficient (Wildman–Crippen LogP) is 3.57. The molecule has 0 aromatic rings. The lowest BCUT2D eigenvalue weighted by molar-refractivity contribution is -0.872. The van der Waals surface area contributed by atoms with Gasteiger partial charge in [-0.3, -0.25) is 4.48 Å². The van der Waals surface area contributed by atoms with Gasteiger partial charge >= 0.3 is 0 Å². The fraction of sp³-hybridized carbons (Fsp3) is 0.846. The first kappa shape index (κ1) is 11.8. The van der Waals surface area contributed by atoms with Crippen LogP contribution < -0.4 is 0 Å². The van der Waals surface area contributed by atoms with E-state index in [-0.39, 0.29) is 0 Å². The van der Waals surface area contributed by atoms with Crippen LogP contribution in [0.3, 0.4) is 0 Å². The van der Waals surface area contributed by atoms with Gasteiger partial charge in [0, 0.05) is 6.92 Å². The van der Waals surface area contributed by atoms with E-state index in [1.807, 2.05) is 0 Å². The highest BCUT2D eigenvalue weighted by atomic mass is 15.3. The molecule has 0 spiro atoms. The maximum Gasteiger partial charge on any atom is 0.101 e. The Morgan fingerprint density at radius 1 is 1.36 bits per heavy atom. The molecule has 1 nitrogen and oxygen atoms in total. The van der Waals surface area contributed by atoms with Crippen LogP contribution in [0.4, 0.5) is 0 Å². The molecule has 1 rings (SSSR count). The van der Waals surface area contributed by atoms with Crippen LogP contribution in [0.2, 0.25) is 0 Å². The summed E-state index contributed by atoms with van der Waals surface area (Å²) in [5, 5.41) is 0. The molecule has 1 saturated heterocycles. The first-order valence-corrected chi connectivity index (χ1v) is 6.10. The van der Waals surface area contributed by atoms with Crippen molar-refractivity contribution >= 4 is 0 Å². The highest BCUT2D eigenvalue weighted by Gasteiger charge is 2.27. The van der Waals surface area contributed by atoms with Crippen LogP contribution in [-0.4, -0.2) is 24.6 Å². The summed E-state index contributed by atoms with van der Waals surface area (Å²) in [5.74, 6) is 0.935. The van der Waals surface area contributed by atoms with Crippen molar-refractivity contribution in [1.82, 2.24) is 0 Å². The Bertz CT molecular complexity index is 207. The van der Waals surface area contributed by atoms with E-state index in [1.54, 1.807) is 5.70 Å². The summed E-state index contributed by atoms with van der Waals surface area (Å²) in [6.07, 6.45) is 7.79. The smallest absolute Gasteiger partial charge is 0.101 e. The third-order valence-corrected chi connectivity index (χ3v) is 3.82. The van der Waals surface area contributed by atoms with Crippen molar-refractivity contribution in [3.63, 3.8) is 0 Å². The van der Waals surface area contributed by atoms with E-state index in [0.29, 0.717) is 0 Å². The molecule has 2 unspecified atom stereocenters. The highest BCUT2D eigenvalue weighted by molar-refractivity contribution is 4.88. The van der Waals surface area contributed by atoms with Crippen LogP contribution in [0.25, 0.3) is 0 Å². The molecule has 2 atom stereocenters. The third-order valence-electron chi connectivity index (χ3n) is 3.82. The van der Waals surface area contributed by atoms with Crippen LogP contribution in [0.5, 0.6) is 0 Å². The lowest BCUT2D eigenvalue weighted by Gasteiger charge is -2.33. The molecular weight excluding hydrogens is 170 g/mol. The monoisotopic (exact) mass is 196 g/mol. The van der Waals surface area contributed by atoms with E-state index in [2.05, 4.69) is 33.9 Å². The van der Waals surface area contributed by atoms with Gasteiger partial charge in [0.1, 0.15) is 5.70 Å². The Hall–Kier alpha value is -0.300. The minimum atomic E-state index is 0.935. The molecule has 1 aliphatic rings. The van der Waals surface area contributed by atoms with E-state index in [0.717, 1.165) is 5.92 Å². The Morgan fingerprint density at radius 2 is 2.07 bits per heavy atom. The summed E-state index contributed by atoms with van der Waals surface area (Å²) < 4.78 is 1.19. The number of hydrogen-bond acceptors (Lipinski definition) is 0. The molecule has 1 aliphatic heterocycles. The van der Waals surface area contributed by atoms with Gasteiger partial charge in [0.15, 0.2) is 0 Å². The van der Waals surface area contributed by atoms with Crippen LogP contribution in [-0.2, 0) is 0 Å². The SMILES string of the molecule is CCC=C(C)[N+]1(C)CCCC(C)CC1. The Kier molecular flexibility index (Phi) is 4.18. The lowest BCUT2D eigenvalue weighted by atomic mass is 10.0. The molecular formula is C13H26N+.